The summed E-state index contributed by atoms with van der Waals surface area (Å²) < 4.78 is 0. The zero-order valence-corrected chi connectivity index (χ0v) is 15.7. The summed E-state index contributed by atoms with van der Waals surface area (Å²) in [6, 6.07) is 7.82. The lowest BCUT2D eigenvalue weighted by molar-refractivity contribution is -0.122. The molecule has 5 aliphatic carbocycles. The lowest BCUT2D eigenvalue weighted by atomic mass is 9.53. The Bertz CT molecular complexity index is 741. The SMILES string of the molecule is O=C(/C=C/c1ccc(C(=O)NC2CC2)cc1)NC12CC3CC(CC(C3)C1)C2. The summed E-state index contributed by atoms with van der Waals surface area (Å²) in [4.78, 5) is 24.6. The zero-order valence-electron chi connectivity index (χ0n) is 15.7. The molecule has 0 atom stereocenters. The Kier molecular flexibility index (Phi) is 4.10. The second kappa shape index (κ2) is 6.50. The Balaban J connectivity index is 1.19. The third-order valence-electron chi connectivity index (χ3n) is 6.94. The maximum absolute atomic E-state index is 12.5. The zero-order chi connectivity index (χ0) is 18.4. The molecule has 0 aliphatic heterocycles. The molecule has 1 aromatic carbocycles. The number of hydrogen-bond donors (Lipinski definition) is 2. The standard InChI is InChI=1S/C23H28N2O2/c26-21(25-23-12-16-9-17(13-23)11-18(10-16)14-23)8-3-15-1-4-19(5-2-15)22(27)24-20-6-7-20/h1-5,8,16-18,20H,6-7,9-14H2,(H,24,27)(H,25,26)/b8-3+. The van der Waals surface area contributed by atoms with Crippen LogP contribution in [0.5, 0.6) is 0 Å². The molecular formula is C23H28N2O2. The van der Waals surface area contributed by atoms with Gasteiger partial charge in [0.15, 0.2) is 0 Å². The maximum Gasteiger partial charge on any atom is 0.251 e. The van der Waals surface area contributed by atoms with Crippen LogP contribution in [0.2, 0.25) is 0 Å². The molecule has 5 fully saturated rings. The average molecular weight is 364 g/mol. The lowest BCUT2D eigenvalue weighted by Crippen LogP contribution is -2.59. The highest BCUT2D eigenvalue weighted by molar-refractivity contribution is 5.95. The van der Waals surface area contributed by atoms with Crippen LogP contribution in [0, 0.1) is 17.8 Å². The highest BCUT2D eigenvalue weighted by Gasteiger charge is 2.51. The minimum atomic E-state index is -0.00686. The van der Waals surface area contributed by atoms with Gasteiger partial charge in [0.05, 0.1) is 0 Å². The van der Waals surface area contributed by atoms with Gasteiger partial charge in [-0.05, 0) is 92.9 Å². The first-order valence-corrected chi connectivity index (χ1v) is 10.5. The fourth-order valence-corrected chi connectivity index (χ4v) is 5.98. The fourth-order valence-electron chi connectivity index (χ4n) is 5.98. The number of amides is 2. The smallest absolute Gasteiger partial charge is 0.251 e. The number of rotatable bonds is 5. The summed E-state index contributed by atoms with van der Waals surface area (Å²) in [7, 11) is 0. The van der Waals surface area contributed by atoms with E-state index in [2.05, 4.69) is 10.6 Å². The van der Waals surface area contributed by atoms with Crippen molar-refractivity contribution in [2.45, 2.75) is 62.9 Å². The predicted octanol–water partition coefficient (Wildman–Crippen LogP) is 3.68. The molecule has 4 heteroatoms. The topological polar surface area (TPSA) is 58.2 Å². The molecular weight excluding hydrogens is 336 g/mol. The van der Waals surface area contributed by atoms with E-state index in [0.29, 0.717) is 11.6 Å². The number of hydrogen-bond acceptors (Lipinski definition) is 2. The van der Waals surface area contributed by atoms with E-state index >= 15 is 0 Å². The van der Waals surface area contributed by atoms with Crippen molar-refractivity contribution < 1.29 is 9.59 Å². The first-order valence-electron chi connectivity index (χ1n) is 10.5. The van der Waals surface area contributed by atoms with Gasteiger partial charge in [0.1, 0.15) is 0 Å². The van der Waals surface area contributed by atoms with Crippen LogP contribution in [0.1, 0.15) is 67.3 Å². The summed E-state index contributed by atoms with van der Waals surface area (Å²) >= 11 is 0. The number of carbonyl (C=O) groups excluding carboxylic acids is 2. The summed E-state index contributed by atoms with van der Waals surface area (Å²) in [5.74, 6) is 2.50. The van der Waals surface area contributed by atoms with E-state index in [1.807, 2.05) is 30.3 Å². The van der Waals surface area contributed by atoms with Gasteiger partial charge in [-0.25, -0.2) is 0 Å². The first kappa shape index (κ1) is 17.0. The second-order valence-corrected chi connectivity index (χ2v) is 9.39. The van der Waals surface area contributed by atoms with Crippen LogP contribution < -0.4 is 10.6 Å². The van der Waals surface area contributed by atoms with Crippen LogP contribution in [-0.2, 0) is 4.79 Å². The Morgan fingerprint density at radius 2 is 1.52 bits per heavy atom. The van der Waals surface area contributed by atoms with Crippen LogP contribution in [0.15, 0.2) is 30.3 Å². The Morgan fingerprint density at radius 1 is 0.926 bits per heavy atom. The molecule has 6 rings (SSSR count). The van der Waals surface area contributed by atoms with E-state index in [-0.39, 0.29) is 17.4 Å². The number of benzene rings is 1. The third kappa shape index (κ3) is 3.67. The first-order chi connectivity index (χ1) is 13.1. The van der Waals surface area contributed by atoms with Gasteiger partial charge >= 0.3 is 0 Å². The van der Waals surface area contributed by atoms with Crippen molar-refractivity contribution in [1.29, 1.82) is 0 Å². The number of carbonyl (C=O) groups is 2. The van der Waals surface area contributed by atoms with Crippen LogP contribution in [-0.4, -0.2) is 23.4 Å². The molecule has 1 aromatic rings. The predicted molar refractivity (Wildman–Crippen MR) is 105 cm³/mol. The van der Waals surface area contributed by atoms with Crippen molar-refractivity contribution in [2.75, 3.05) is 0 Å². The Morgan fingerprint density at radius 3 is 2.07 bits per heavy atom. The van der Waals surface area contributed by atoms with Crippen LogP contribution >= 0.6 is 0 Å². The highest BCUT2D eigenvalue weighted by atomic mass is 16.2. The van der Waals surface area contributed by atoms with Crippen molar-refractivity contribution in [1.82, 2.24) is 10.6 Å². The van der Waals surface area contributed by atoms with E-state index in [9.17, 15) is 9.59 Å². The largest absolute Gasteiger partial charge is 0.349 e. The van der Waals surface area contributed by atoms with Gasteiger partial charge in [-0.2, -0.15) is 0 Å². The van der Waals surface area contributed by atoms with E-state index in [4.69, 9.17) is 0 Å². The lowest BCUT2D eigenvalue weighted by Gasteiger charge is -2.56. The van der Waals surface area contributed by atoms with Gasteiger partial charge in [-0.3, -0.25) is 9.59 Å². The molecule has 5 aliphatic rings. The Hall–Kier alpha value is -2.10. The van der Waals surface area contributed by atoms with Crippen LogP contribution in [0.25, 0.3) is 6.08 Å². The summed E-state index contributed by atoms with van der Waals surface area (Å²) in [5.41, 5.74) is 1.68. The van der Waals surface area contributed by atoms with Crippen molar-refractivity contribution in [3.05, 3.63) is 41.5 Å². The molecule has 4 nitrogen and oxygen atoms in total. The van der Waals surface area contributed by atoms with Crippen molar-refractivity contribution in [3.63, 3.8) is 0 Å². The molecule has 27 heavy (non-hydrogen) atoms. The quantitative estimate of drug-likeness (QED) is 0.783. The van der Waals surface area contributed by atoms with E-state index in [0.717, 1.165) is 36.2 Å². The van der Waals surface area contributed by atoms with E-state index < -0.39 is 0 Å². The average Bonchev–Trinajstić information content (AvgIpc) is 3.43. The van der Waals surface area contributed by atoms with Gasteiger partial charge in [0.2, 0.25) is 5.91 Å². The molecule has 2 N–H and O–H groups in total. The normalized spacial score (nSPS) is 34.0. The summed E-state index contributed by atoms with van der Waals surface area (Å²) in [5, 5.41) is 6.35. The molecule has 0 saturated heterocycles. The van der Waals surface area contributed by atoms with Crippen LogP contribution in [0.3, 0.4) is 0 Å². The number of nitrogens with one attached hydrogen (secondary N) is 2. The minimum Gasteiger partial charge on any atom is -0.349 e. The Labute approximate surface area is 160 Å². The van der Waals surface area contributed by atoms with Crippen LogP contribution in [0.4, 0.5) is 0 Å². The molecule has 0 radical (unpaired) electrons. The van der Waals surface area contributed by atoms with Gasteiger partial charge in [0.25, 0.3) is 5.91 Å². The summed E-state index contributed by atoms with van der Waals surface area (Å²) in [6.07, 6.45) is 13.3. The molecule has 142 valence electrons. The van der Waals surface area contributed by atoms with Gasteiger partial charge in [0, 0.05) is 23.2 Å². The molecule has 0 unspecified atom stereocenters. The minimum absolute atomic E-state index is 0.00686. The van der Waals surface area contributed by atoms with Gasteiger partial charge in [-0.1, -0.05) is 12.1 Å². The van der Waals surface area contributed by atoms with Gasteiger partial charge < -0.3 is 10.6 Å². The molecule has 4 bridgehead atoms. The monoisotopic (exact) mass is 364 g/mol. The van der Waals surface area contributed by atoms with Crippen molar-refractivity contribution >= 4 is 17.9 Å². The van der Waals surface area contributed by atoms with Gasteiger partial charge in [-0.15, -0.1) is 0 Å². The second-order valence-electron chi connectivity index (χ2n) is 9.39. The molecule has 0 spiro atoms. The molecule has 0 aromatic heterocycles. The fraction of sp³-hybridized carbons (Fsp3) is 0.565. The molecule has 2 amide bonds. The molecule has 5 saturated carbocycles. The highest BCUT2D eigenvalue weighted by Crippen LogP contribution is 2.55. The maximum atomic E-state index is 12.5. The van der Waals surface area contributed by atoms with Crippen molar-refractivity contribution in [2.24, 2.45) is 17.8 Å². The van der Waals surface area contributed by atoms with Crippen molar-refractivity contribution in [3.8, 4) is 0 Å². The van der Waals surface area contributed by atoms with E-state index in [1.54, 1.807) is 6.08 Å². The molecule has 0 heterocycles. The van der Waals surface area contributed by atoms with E-state index in [1.165, 1.54) is 38.5 Å². The summed E-state index contributed by atoms with van der Waals surface area (Å²) in [6.45, 7) is 0. The third-order valence-corrected chi connectivity index (χ3v) is 6.94.